The predicted molar refractivity (Wildman–Crippen MR) is 75.7 cm³/mol. The van der Waals surface area contributed by atoms with Crippen LogP contribution in [0.2, 0.25) is 0 Å². The van der Waals surface area contributed by atoms with Crippen molar-refractivity contribution in [1.82, 2.24) is 15.0 Å². The molecule has 0 bridgehead atoms. The lowest BCUT2D eigenvalue weighted by molar-refractivity contribution is -0.0391. The Bertz CT molecular complexity index is 549. The smallest absolute Gasteiger partial charge is 0.151 e. The van der Waals surface area contributed by atoms with Crippen LogP contribution in [0.4, 0.5) is 0 Å². The van der Waals surface area contributed by atoms with Gasteiger partial charge < -0.3 is 4.74 Å². The van der Waals surface area contributed by atoms with Crippen molar-refractivity contribution in [2.75, 3.05) is 0 Å². The molecule has 0 amide bonds. The largest absolute Gasteiger partial charge is 0.373 e. The maximum atomic E-state index is 5.89. The summed E-state index contributed by atoms with van der Waals surface area (Å²) in [4.78, 5) is 0. The molecule has 1 aliphatic carbocycles. The molecule has 1 aromatic carbocycles. The summed E-state index contributed by atoms with van der Waals surface area (Å²) in [5.41, 5.74) is 2.32. The summed E-state index contributed by atoms with van der Waals surface area (Å²) in [6.07, 6.45) is 2.38. The van der Waals surface area contributed by atoms with Crippen molar-refractivity contribution in [3.8, 4) is 0 Å². The minimum absolute atomic E-state index is 0.340. The summed E-state index contributed by atoms with van der Waals surface area (Å²) < 4.78 is 8.72. The third kappa shape index (κ3) is 2.72. The number of rotatable bonds is 4. The van der Waals surface area contributed by atoms with E-state index in [-0.39, 0.29) is 0 Å². The van der Waals surface area contributed by atoms with Crippen molar-refractivity contribution in [3.05, 3.63) is 46.2 Å². The van der Waals surface area contributed by atoms with Gasteiger partial charge in [0.05, 0.1) is 24.4 Å². The van der Waals surface area contributed by atoms with Gasteiger partial charge in [-0.05, 0) is 41.3 Å². The van der Waals surface area contributed by atoms with Gasteiger partial charge in [0.1, 0.15) is 0 Å². The predicted octanol–water partition coefficient (Wildman–Crippen LogP) is 3.27. The summed E-state index contributed by atoms with van der Waals surface area (Å²) in [5.74, 6) is 0. The summed E-state index contributed by atoms with van der Waals surface area (Å²) in [7, 11) is 0. The highest BCUT2D eigenvalue weighted by molar-refractivity contribution is 9.10. The van der Waals surface area contributed by atoms with Crippen LogP contribution in [0, 0.1) is 6.92 Å². The summed E-state index contributed by atoms with van der Waals surface area (Å²) >= 11 is 3.39. The molecule has 3 rings (SSSR count). The Balaban J connectivity index is 1.49. The number of hydrogen-bond donors (Lipinski definition) is 0. The molecule has 0 N–H and O–H groups in total. The molecule has 4 nitrogen and oxygen atoms in total. The maximum Gasteiger partial charge on any atom is 0.151 e. The van der Waals surface area contributed by atoms with E-state index in [0.717, 1.165) is 23.1 Å². The van der Waals surface area contributed by atoms with E-state index in [2.05, 4.69) is 38.4 Å². The van der Waals surface area contributed by atoms with Crippen molar-refractivity contribution in [1.29, 1.82) is 0 Å². The van der Waals surface area contributed by atoms with Crippen LogP contribution in [0.15, 0.2) is 34.9 Å². The Morgan fingerprint density at radius 2 is 2.05 bits per heavy atom. The van der Waals surface area contributed by atoms with E-state index in [9.17, 15) is 0 Å². The SMILES string of the molecule is Cc1c(Br)nnn1C1CC(OCc2ccccc2)C1. The third-order valence-electron chi connectivity index (χ3n) is 3.62. The average molecular weight is 322 g/mol. The number of hydrogen-bond acceptors (Lipinski definition) is 3. The van der Waals surface area contributed by atoms with E-state index in [1.807, 2.05) is 29.8 Å². The lowest BCUT2D eigenvalue weighted by Gasteiger charge is -2.35. The molecule has 1 heterocycles. The van der Waals surface area contributed by atoms with Gasteiger partial charge in [0.15, 0.2) is 4.60 Å². The van der Waals surface area contributed by atoms with Crippen LogP contribution in [0.3, 0.4) is 0 Å². The first-order chi connectivity index (χ1) is 9.24. The first kappa shape index (κ1) is 12.8. The molecule has 1 saturated carbocycles. The molecule has 1 aromatic heterocycles. The molecular formula is C14H16BrN3O. The topological polar surface area (TPSA) is 39.9 Å². The molecule has 100 valence electrons. The van der Waals surface area contributed by atoms with Crippen molar-refractivity contribution in [2.24, 2.45) is 0 Å². The Hall–Kier alpha value is -1.20. The summed E-state index contributed by atoms with van der Waals surface area (Å²) in [5, 5.41) is 8.18. The first-order valence-corrected chi connectivity index (χ1v) is 7.26. The molecule has 5 heteroatoms. The number of aromatic nitrogens is 3. The second kappa shape index (κ2) is 5.43. The van der Waals surface area contributed by atoms with Crippen LogP contribution < -0.4 is 0 Å². The quantitative estimate of drug-likeness (QED) is 0.867. The van der Waals surface area contributed by atoms with Crippen LogP contribution in [0.5, 0.6) is 0 Å². The lowest BCUT2D eigenvalue weighted by Crippen LogP contribution is -2.34. The minimum atomic E-state index is 0.340. The zero-order valence-corrected chi connectivity index (χ0v) is 12.4. The van der Waals surface area contributed by atoms with E-state index >= 15 is 0 Å². The van der Waals surface area contributed by atoms with E-state index in [0.29, 0.717) is 18.8 Å². The minimum Gasteiger partial charge on any atom is -0.373 e. The molecule has 1 fully saturated rings. The van der Waals surface area contributed by atoms with Crippen LogP contribution in [-0.4, -0.2) is 21.1 Å². The van der Waals surface area contributed by atoms with E-state index in [1.54, 1.807) is 0 Å². The van der Waals surface area contributed by atoms with Gasteiger partial charge in [-0.2, -0.15) is 0 Å². The average Bonchev–Trinajstić information content (AvgIpc) is 2.70. The van der Waals surface area contributed by atoms with Crippen molar-refractivity contribution in [2.45, 2.75) is 38.5 Å². The molecule has 2 aromatic rings. The number of ether oxygens (including phenoxy) is 1. The van der Waals surface area contributed by atoms with Crippen LogP contribution >= 0.6 is 15.9 Å². The molecule has 19 heavy (non-hydrogen) atoms. The van der Waals surface area contributed by atoms with Crippen LogP contribution in [0.1, 0.15) is 30.1 Å². The standard InChI is InChI=1S/C14H16BrN3O/c1-10-14(15)16-17-18(10)12-7-13(8-12)19-9-11-5-3-2-4-6-11/h2-6,12-13H,7-9H2,1H3. The highest BCUT2D eigenvalue weighted by Crippen LogP contribution is 2.35. The van der Waals surface area contributed by atoms with E-state index < -0.39 is 0 Å². The number of nitrogens with zero attached hydrogens (tertiary/aromatic N) is 3. The maximum absolute atomic E-state index is 5.89. The van der Waals surface area contributed by atoms with Crippen molar-refractivity contribution in [3.63, 3.8) is 0 Å². The zero-order chi connectivity index (χ0) is 13.2. The monoisotopic (exact) mass is 321 g/mol. The molecule has 1 aliphatic rings. The Morgan fingerprint density at radius 1 is 1.32 bits per heavy atom. The van der Waals surface area contributed by atoms with Gasteiger partial charge in [-0.3, -0.25) is 0 Å². The van der Waals surface area contributed by atoms with Gasteiger partial charge in [0.2, 0.25) is 0 Å². The molecule has 0 aliphatic heterocycles. The number of halogens is 1. The lowest BCUT2D eigenvalue weighted by atomic mass is 9.89. The molecule has 0 radical (unpaired) electrons. The first-order valence-electron chi connectivity index (χ1n) is 6.47. The normalized spacial score (nSPS) is 22.2. The second-order valence-corrected chi connectivity index (χ2v) is 5.71. The highest BCUT2D eigenvalue weighted by atomic mass is 79.9. The van der Waals surface area contributed by atoms with Crippen molar-refractivity contribution < 1.29 is 4.74 Å². The third-order valence-corrected chi connectivity index (χ3v) is 4.35. The highest BCUT2D eigenvalue weighted by Gasteiger charge is 2.33. The van der Waals surface area contributed by atoms with Crippen molar-refractivity contribution >= 4 is 15.9 Å². The molecule has 0 atom stereocenters. The number of benzene rings is 1. The van der Waals surface area contributed by atoms with Crippen LogP contribution in [-0.2, 0) is 11.3 Å². The van der Waals surface area contributed by atoms with Gasteiger partial charge in [0.25, 0.3) is 0 Å². The van der Waals surface area contributed by atoms with Gasteiger partial charge >= 0.3 is 0 Å². The fraction of sp³-hybridized carbons (Fsp3) is 0.429. The van der Waals surface area contributed by atoms with Gasteiger partial charge in [-0.25, -0.2) is 4.68 Å². The fourth-order valence-corrected chi connectivity index (χ4v) is 2.58. The second-order valence-electron chi connectivity index (χ2n) is 4.95. The van der Waals surface area contributed by atoms with E-state index in [1.165, 1.54) is 5.56 Å². The van der Waals surface area contributed by atoms with Gasteiger partial charge in [0, 0.05) is 0 Å². The Labute approximate surface area is 120 Å². The molecule has 0 unspecified atom stereocenters. The molecule has 0 spiro atoms. The van der Waals surface area contributed by atoms with E-state index in [4.69, 9.17) is 4.74 Å². The Morgan fingerprint density at radius 3 is 2.68 bits per heavy atom. The van der Waals surface area contributed by atoms with Gasteiger partial charge in [-0.1, -0.05) is 35.5 Å². The fourth-order valence-electron chi connectivity index (χ4n) is 2.33. The molecular weight excluding hydrogens is 306 g/mol. The summed E-state index contributed by atoms with van der Waals surface area (Å²) in [6, 6.07) is 10.7. The zero-order valence-electron chi connectivity index (χ0n) is 10.8. The molecule has 0 saturated heterocycles. The van der Waals surface area contributed by atoms with Gasteiger partial charge in [-0.15, -0.1) is 5.10 Å². The van der Waals surface area contributed by atoms with Crippen LogP contribution in [0.25, 0.3) is 0 Å². The Kier molecular flexibility index (Phi) is 3.66. The summed E-state index contributed by atoms with van der Waals surface area (Å²) in [6.45, 7) is 2.72.